The van der Waals surface area contributed by atoms with Gasteiger partial charge in [-0.25, -0.2) is 4.99 Å². The number of rotatable bonds is 4. The number of fused-ring (bicyclic) bond motifs is 2. The summed E-state index contributed by atoms with van der Waals surface area (Å²) < 4.78 is 5.74. The molecule has 1 fully saturated rings. The third-order valence-electron chi connectivity index (χ3n) is 5.16. The second-order valence-electron chi connectivity index (χ2n) is 7.42. The number of carbonyl (C=O) groups excluding carboxylic acids is 1. The van der Waals surface area contributed by atoms with Gasteiger partial charge < -0.3 is 9.73 Å². The van der Waals surface area contributed by atoms with Crippen LogP contribution in [-0.2, 0) is 4.79 Å². The van der Waals surface area contributed by atoms with Crippen molar-refractivity contribution in [3.05, 3.63) is 60.7 Å². The molecule has 3 atom stereocenters. The number of benzene rings is 1. The Morgan fingerprint density at radius 3 is 2.93 bits per heavy atom. The molecule has 0 saturated heterocycles. The molecule has 0 spiro atoms. The van der Waals surface area contributed by atoms with Crippen LogP contribution in [0.4, 0.5) is 6.01 Å². The zero-order valence-corrected chi connectivity index (χ0v) is 15.9. The van der Waals surface area contributed by atoms with E-state index in [9.17, 15) is 4.79 Å². The minimum atomic E-state index is -0.318. The van der Waals surface area contributed by atoms with Gasteiger partial charge in [0, 0.05) is 12.5 Å². The van der Waals surface area contributed by atoms with Crippen molar-refractivity contribution in [3.8, 4) is 0 Å². The van der Waals surface area contributed by atoms with E-state index in [1.54, 1.807) is 0 Å². The maximum atomic E-state index is 12.6. The fourth-order valence-electron chi connectivity index (χ4n) is 3.81. The second kappa shape index (κ2) is 7.46. The fourth-order valence-corrected chi connectivity index (χ4v) is 3.81. The number of carbonyl (C=O) groups is 1. The van der Waals surface area contributed by atoms with E-state index in [1.807, 2.05) is 43.3 Å². The van der Waals surface area contributed by atoms with Crippen LogP contribution < -0.4 is 10.6 Å². The van der Waals surface area contributed by atoms with Crippen molar-refractivity contribution < 1.29 is 9.21 Å². The first-order valence-electron chi connectivity index (χ1n) is 9.53. The quantitative estimate of drug-likeness (QED) is 0.789. The highest BCUT2D eigenvalue weighted by Crippen LogP contribution is 2.32. The molecule has 0 amide bonds. The molecule has 4 rings (SSSR count). The highest BCUT2D eigenvalue weighted by atomic mass is 16.4. The Hall–Kier alpha value is -3.15. The summed E-state index contributed by atoms with van der Waals surface area (Å²) in [7, 11) is 0. The topological polar surface area (TPSA) is 79.5 Å². The largest absolute Gasteiger partial charge is 0.423 e. The molecule has 3 unspecified atom stereocenters. The molecule has 6 nitrogen and oxygen atoms in total. The van der Waals surface area contributed by atoms with Crippen molar-refractivity contribution >= 4 is 28.9 Å². The fraction of sp³-hybridized carbons (Fsp3) is 0.318. The monoisotopic (exact) mass is 376 g/mol. The van der Waals surface area contributed by atoms with Crippen molar-refractivity contribution in [1.29, 1.82) is 0 Å². The minimum Gasteiger partial charge on any atom is -0.423 e. The molecule has 1 saturated carbocycles. The summed E-state index contributed by atoms with van der Waals surface area (Å²) in [6, 6.07) is 7.65. The third kappa shape index (κ3) is 3.63. The van der Waals surface area contributed by atoms with Gasteiger partial charge in [0.15, 0.2) is 11.5 Å². The molecular formula is C22H24N4O2. The lowest BCUT2D eigenvalue weighted by Crippen LogP contribution is -2.56. The van der Waals surface area contributed by atoms with Gasteiger partial charge in [-0.15, -0.1) is 0 Å². The number of Topliss-reactive ketones (excluding diaryl/α,β-unsaturated/α-hetero) is 1. The first kappa shape index (κ1) is 18.2. The predicted molar refractivity (Wildman–Crippen MR) is 111 cm³/mol. The first-order chi connectivity index (χ1) is 13.5. The predicted octanol–water partition coefficient (Wildman–Crippen LogP) is 3.99. The molecular weight excluding hydrogens is 352 g/mol. The number of nitrogens with one attached hydrogen (secondary N) is 2. The normalized spacial score (nSPS) is 24.5. The van der Waals surface area contributed by atoms with Crippen LogP contribution in [-0.4, -0.2) is 28.8 Å². The number of guanidine groups is 1. The maximum absolute atomic E-state index is 12.6. The third-order valence-corrected chi connectivity index (χ3v) is 5.16. The van der Waals surface area contributed by atoms with Crippen LogP contribution in [0.1, 0.15) is 26.2 Å². The van der Waals surface area contributed by atoms with Crippen LogP contribution in [0, 0.1) is 5.92 Å². The highest BCUT2D eigenvalue weighted by Gasteiger charge is 2.42. The van der Waals surface area contributed by atoms with Gasteiger partial charge in [0.05, 0.1) is 12.0 Å². The molecule has 0 radical (unpaired) electrons. The lowest BCUT2D eigenvalue weighted by molar-refractivity contribution is -0.125. The van der Waals surface area contributed by atoms with Crippen LogP contribution in [0.25, 0.3) is 11.1 Å². The van der Waals surface area contributed by atoms with E-state index in [4.69, 9.17) is 9.41 Å². The number of allylic oxidation sites excluding steroid dienone is 2. The highest BCUT2D eigenvalue weighted by molar-refractivity contribution is 5.96. The van der Waals surface area contributed by atoms with Crippen molar-refractivity contribution in [2.45, 2.75) is 38.3 Å². The van der Waals surface area contributed by atoms with Gasteiger partial charge in [0.25, 0.3) is 0 Å². The second-order valence-corrected chi connectivity index (χ2v) is 7.42. The SMILES string of the molecule is C=C(C)/C=C\C(=C)C1N=C(Nc2nc3ccccc3o2)NC2CCCC(=O)C21. The van der Waals surface area contributed by atoms with Gasteiger partial charge in [-0.05, 0) is 37.5 Å². The molecule has 1 aliphatic heterocycles. The molecule has 1 aliphatic carbocycles. The smallest absolute Gasteiger partial charge is 0.302 e. The molecule has 0 bridgehead atoms. The van der Waals surface area contributed by atoms with Gasteiger partial charge >= 0.3 is 6.01 Å². The van der Waals surface area contributed by atoms with Gasteiger partial charge in [-0.2, -0.15) is 4.98 Å². The standard InChI is InChI=1S/C22H24N4O2/c1-13(2)11-12-14(3)20-19-16(8-6-9-17(19)27)23-21(25-20)26-22-24-15-7-4-5-10-18(15)28-22/h4-5,7,10-12,16,19-20H,1,3,6,8-9H2,2H3,(H2,23,24,25,26)/b12-11-. The van der Waals surface area contributed by atoms with E-state index >= 15 is 0 Å². The van der Waals surface area contributed by atoms with Crippen molar-refractivity contribution in [2.75, 3.05) is 5.32 Å². The van der Waals surface area contributed by atoms with Crippen molar-refractivity contribution in [3.63, 3.8) is 0 Å². The Bertz CT molecular complexity index is 968. The van der Waals surface area contributed by atoms with Gasteiger partial charge in [0.2, 0.25) is 0 Å². The molecule has 2 heterocycles. The molecule has 2 aromatic rings. The molecule has 144 valence electrons. The lowest BCUT2D eigenvalue weighted by atomic mass is 9.76. The minimum absolute atomic E-state index is 0.0191. The summed E-state index contributed by atoms with van der Waals surface area (Å²) >= 11 is 0. The van der Waals surface area contributed by atoms with Crippen LogP contribution in [0.2, 0.25) is 0 Å². The zero-order chi connectivity index (χ0) is 19.7. The molecule has 2 aliphatic rings. The molecule has 28 heavy (non-hydrogen) atoms. The summed E-state index contributed by atoms with van der Waals surface area (Å²) in [6.07, 6.45) is 6.19. The summed E-state index contributed by atoms with van der Waals surface area (Å²) in [4.78, 5) is 21.8. The molecule has 6 heteroatoms. The first-order valence-corrected chi connectivity index (χ1v) is 9.53. The van der Waals surface area contributed by atoms with Crippen LogP contribution in [0.5, 0.6) is 0 Å². The average molecular weight is 376 g/mol. The molecule has 1 aromatic carbocycles. The maximum Gasteiger partial charge on any atom is 0.302 e. The van der Waals surface area contributed by atoms with Crippen LogP contribution in [0.3, 0.4) is 0 Å². The van der Waals surface area contributed by atoms with E-state index in [1.165, 1.54) is 0 Å². The number of hydrogen-bond acceptors (Lipinski definition) is 6. The number of aromatic nitrogens is 1. The van der Waals surface area contributed by atoms with E-state index < -0.39 is 0 Å². The van der Waals surface area contributed by atoms with E-state index in [2.05, 4.69) is 28.8 Å². The van der Waals surface area contributed by atoms with Crippen molar-refractivity contribution in [2.24, 2.45) is 10.9 Å². The Labute approximate surface area is 164 Å². The Morgan fingerprint density at radius 2 is 2.14 bits per heavy atom. The number of oxazole rings is 1. The van der Waals surface area contributed by atoms with E-state index in [0.29, 0.717) is 24.0 Å². The van der Waals surface area contributed by atoms with Gasteiger partial charge in [-0.1, -0.05) is 43.0 Å². The number of hydrogen-bond donors (Lipinski definition) is 2. The number of ketones is 1. The van der Waals surface area contributed by atoms with E-state index in [-0.39, 0.29) is 23.8 Å². The molecule has 2 N–H and O–H groups in total. The Kier molecular flexibility index (Phi) is 4.86. The average Bonchev–Trinajstić information content (AvgIpc) is 3.07. The Balaban J connectivity index is 1.63. The lowest BCUT2D eigenvalue weighted by Gasteiger charge is -2.39. The van der Waals surface area contributed by atoms with E-state index in [0.717, 1.165) is 29.5 Å². The Morgan fingerprint density at radius 1 is 1.32 bits per heavy atom. The van der Waals surface area contributed by atoms with Gasteiger partial charge in [-0.3, -0.25) is 10.1 Å². The number of anilines is 1. The summed E-state index contributed by atoms with van der Waals surface area (Å²) in [5, 5.41) is 6.50. The summed E-state index contributed by atoms with van der Waals surface area (Å²) in [5.41, 5.74) is 3.21. The van der Waals surface area contributed by atoms with Gasteiger partial charge in [0.1, 0.15) is 11.3 Å². The van der Waals surface area contributed by atoms with Crippen LogP contribution >= 0.6 is 0 Å². The number of nitrogens with zero attached hydrogens (tertiary/aromatic N) is 2. The van der Waals surface area contributed by atoms with Crippen molar-refractivity contribution in [1.82, 2.24) is 10.3 Å². The van der Waals surface area contributed by atoms with Crippen LogP contribution in [0.15, 0.2) is 70.1 Å². The zero-order valence-electron chi connectivity index (χ0n) is 15.9. The summed E-state index contributed by atoms with van der Waals surface area (Å²) in [6.45, 7) is 9.98. The summed E-state index contributed by atoms with van der Waals surface area (Å²) in [5.74, 6) is 0.589. The number of aliphatic imine (C=N–C) groups is 1. The number of para-hydroxylation sites is 2. The molecule has 1 aromatic heterocycles.